The van der Waals surface area contributed by atoms with Crippen LogP contribution in [0.1, 0.15) is 11.5 Å². The number of benzene rings is 3. The Bertz CT molecular complexity index is 1480. The summed E-state index contributed by atoms with van der Waals surface area (Å²) in [6.07, 6.45) is 0. The van der Waals surface area contributed by atoms with E-state index in [1.54, 1.807) is 22.8 Å². The Morgan fingerprint density at radius 1 is 0.969 bits per heavy atom. The first-order valence-electron chi connectivity index (χ1n) is 9.89. The van der Waals surface area contributed by atoms with Gasteiger partial charge in [-0.05, 0) is 55.0 Å². The molecular weight excluding hydrogens is 427 g/mol. The molecule has 0 N–H and O–H groups in total. The van der Waals surface area contributed by atoms with Crippen LogP contribution in [0, 0.1) is 12.7 Å². The number of rotatable bonds is 5. The molecular formula is C24H17FN4O2S. The van der Waals surface area contributed by atoms with Crippen LogP contribution >= 0.6 is 11.8 Å². The maximum atomic E-state index is 13.4. The lowest BCUT2D eigenvalue weighted by Crippen LogP contribution is -2.22. The van der Waals surface area contributed by atoms with Crippen LogP contribution in [0.3, 0.4) is 0 Å². The maximum absolute atomic E-state index is 13.4. The monoisotopic (exact) mass is 444 g/mol. The molecule has 3 aromatic carbocycles. The summed E-state index contributed by atoms with van der Waals surface area (Å²) in [5.41, 5.74) is 2.89. The van der Waals surface area contributed by atoms with E-state index in [-0.39, 0.29) is 11.4 Å². The van der Waals surface area contributed by atoms with Crippen molar-refractivity contribution in [2.24, 2.45) is 0 Å². The van der Waals surface area contributed by atoms with Crippen molar-refractivity contribution in [2.75, 3.05) is 0 Å². The Morgan fingerprint density at radius 3 is 2.53 bits per heavy atom. The van der Waals surface area contributed by atoms with Gasteiger partial charge in [0.2, 0.25) is 11.7 Å². The topological polar surface area (TPSA) is 73.8 Å². The molecule has 32 heavy (non-hydrogen) atoms. The molecule has 0 saturated heterocycles. The molecule has 5 aromatic rings. The number of aromatic nitrogens is 4. The predicted octanol–water partition coefficient (Wildman–Crippen LogP) is 5.18. The van der Waals surface area contributed by atoms with Gasteiger partial charge in [-0.3, -0.25) is 9.36 Å². The third kappa shape index (κ3) is 3.80. The highest BCUT2D eigenvalue weighted by Gasteiger charge is 2.16. The Labute approximate surface area is 186 Å². The van der Waals surface area contributed by atoms with Crippen molar-refractivity contribution in [1.29, 1.82) is 0 Å². The first-order chi connectivity index (χ1) is 15.6. The Balaban J connectivity index is 1.52. The zero-order chi connectivity index (χ0) is 22.1. The minimum absolute atomic E-state index is 0.134. The second kappa shape index (κ2) is 8.39. The second-order valence-corrected chi connectivity index (χ2v) is 8.09. The highest BCUT2D eigenvalue weighted by Crippen LogP contribution is 2.26. The van der Waals surface area contributed by atoms with Gasteiger partial charge in [0.05, 0.1) is 22.3 Å². The van der Waals surface area contributed by atoms with Crippen LogP contribution in [0.25, 0.3) is 28.0 Å². The summed E-state index contributed by atoms with van der Waals surface area (Å²) in [7, 11) is 0. The normalized spacial score (nSPS) is 11.2. The average Bonchev–Trinajstić information content (AvgIpc) is 3.28. The number of aryl methyl sites for hydroxylation is 1. The lowest BCUT2D eigenvalue weighted by atomic mass is 10.2. The van der Waals surface area contributed by atoms with Crippen molar-refractivity contribution in [3.63, 3.8) is 0 Å². The van der Waals surface area contributed by atoms with Crippen LogP contribution in [0.2, 0.25) is 0 Å². The fourth-order valence-electron chi connectivity index (χ4n) is 3.39. The summed E-state index contributed by atoms with van der Waals surface area (Å²) >= 11 is 1.34. The molecule has 8 heteroatoms. The molecule has 2 aromatic heterocycles. The number of para-hydroxylation sites is 2. The van der Waals surface area contributed by atoms with Gasteiger partial charge in [0, 0.05) is 5.56 Å². The maximum Gasteiger partial charge on any atom is 0.266 e. The van der Waals surface area contributed by atoms with Crippen LogP contribution in [0.4, 0.5) is 4.39 Å². The molecule has 0 bridgehead atoms. The van der Waals surface area contributed by atoms with Crippen molar-refractivity contribution in [1.82, 2.24) is 19.7 Å². The van der Waals surface area contributed by atoms with E-state index >= 15 is 0 Å². The van der Waals surface area contributed by atoms with E-state index in [1.165, 1.54) is 23.9 Å². The molecule has 5 rings (SSSR count). The number of halogens is 1. The number of thioether (sulfide) groups is 1. The summed E-state index contributed by atoms with van der Waals surface area (Å²) in [6.45, 7) is 1.96. The van der Waals surface area contributed by atoms with E-state index < -0.39 is 0 Å². The molecule has 0 amide bonds. The first-order valence-corrected chi connectivity index (χ1v) is 10.9. The van der Waals surface area contributed by atoms with Crippen LogP contribution in [0.5, 0.6) is 0 Å². The summed E-state index contributed by atoms with van der Waals surface area (Å²) in [5.74, 6) is 0.756. The van der Waals surface area contributed by atoms with Crippen molar-refractivity contribution < 1.29 is 8.91 Å². The molecule has 0 aliphatic rings. The standard InChI is InChI=1S/C24H17FN4O2S/c1-15-6-2-5-9-20(15)29-23(30)18-7-3-4-8-19(18)26-24(29)32-14-21-27-22(28-31-21)16-10-12-17(25)13-11-16/h2-13H,14H2,1H3. The fraction of sp³-hybridized carbons (Fsp3) is 0.0833. The quantitative estimate of drug-likeness (QED) is 0.275. The zero-order valence-corrected chi connectivity index (χ0v) is 17.8. The summed E-state index contributed by atoms with van der Waals surface area (Å²) in [6, 6.07) is 20.9. The summed E-state index contributed by atoms with van der Waals surface area (Å²) in [5, 5.41) is 5.06. The number of fused-ring (bicyclic) bond motifs is 1. The smallest absolute Gasteiger partial charge is 0.266 e. The highest BCUT2D eigenvalue weighted by atomic mass is 32.2. The SMILES string of the molecule is Cc1ccccc1-n1c(SCc2nc(-c3ccc(F)cc3)no2)nc2ccccc2c1=O. The van der Waals surface area contributed by atoms with E-state index in [0.717, 1.165) is 11.3 Å². The molecule has 0 spiro atoms. The predicted molar refractivity (Wildman–Crippen MR) is 121 cm³/mol. The average molecular weight is 444 g/mol. The molecule has 2 heterocycles. The number of hydrogen-bond acceptors (Lipinski definition) is 6. The van der Waals surface area contributed by atoms with Gasteiger partial charge in [-0.15, -0.1) is 0 Å². The van der Waals surface area contributed by atoms with Gasteiger partial charge < -0.3 is 4.52 Å². The van der Waals surface area contributed by atoms with Gasteiger partial charge in [-0.2, -0.15) is 4.98 Å². The van der Waals surface area contributed by atoms with Crippen LogP contribution < -0.4 is 5.56 Å². The molecule has 0 aliphatic heterocycles. The van der Waals surface area contributed by atoms with Gasteiger partial charge in [0.15, 0.2) is 5.16 Å². The zero-order valence-electron chi connectivity index (χ0n) is 17.0. The first kappa shape index (κ1) is 20.1. The summed E-state index contributed by atoms with van der Waals surface area (Å²) in [4.78, 5) is 22.5. The molecule has 0 saturated carbocycles. The highest BCUT2D eigenvalue weighted by molar-refractivity contribution is 7.98. The van der Waals surface area contributed by atoms with Crippen molar-refractivity contribution >= 4 is 22.7 Å². The third-order valence-electron chi connectivity index (χ3n) is 5.00. The fourth-order valence-corrected chi connectivity index (χ4v) is 4.23. The van der Waals surface area contributed by atoms with Crippen molar-refractivity contribution in [2.45, 2.75) is 17.8 Å². The second-order valence-electron chi connectivity index (χ2n) is 7.15. The summed E-state index contributed by atoms with van der Waals surface area (Å²) < 4.78 is 20.2. The van der Waals surface area contributed by atoms with E-state index in [2.05, 4.69) is 10.1 Å². The lowest BCUT2D eigenvalue weighted by Gasteiger charge is -2.14. The van der Waals surface area contributed by atoms with Gasteiger partial charge in [0.1, 0.15) is 5.82 Å². The number of hydrogen-bond donors (Lipinski definition) is 0. The number of nitrogens with zero attached hydrogens (tertiary/aromatic N) is 4. The molecule has 0 fully saturated rings. The van der Waals surface area contributed by atoms with Gasteiger partial charge >= 0.3 is 0 Å². The van der Waals surface area contributed by atoms with Crippen molar-refractivity contribution in [3.05, 3.63) is 100 Å². The Kier molecular flexibility index (Phi) is 5.28. The van der Waals surface area contributed by atoms with E-state index in [0.29, 0.717) is 39.1 Å². The largest absolute Gasteiger partial charge is 0.338 e. The van der Waals surface area contributed by atoms with Crippen LogP contribution in [0.15, 0.2) is 87.3 Å². The van der Waals surface area contributed by atoms with Gasteiger partial charge in [0.25, 0.3) is 5.56 Å². The molecule has 0 aliphatic carbocycles. The molecule has 0 radical (unpaired) electrons. The minimum atomic E-state index is -0.329. The Morgan fingerprint density at radius 2 is 1.72 bits per heavy atom. The van der Waals surface area contributed by atoms with Crippen LogP contribution in [-0.4, -0.2) is 19.7 Å². The Hall–Kier alpha value is -3.78. The van der Waals surface area contributed by atoms with Crippen molar-refractivity contribution in [3.8, 4) is 17.1 Å². The molecule has 6 nitrogen and oxygen atoms in total. The van der Waals surface area contributed by atoms with Crippen LogP contribution in [-0.2, 0) is 5.75 Å². The molecule has 0 unspecified atom stereocenters. The lowest BCUT2D eigenvalue weighted by molar-refractivity contribution is 0.391. The van der Waals surface area contributed by atoms with E-state index in [1.807, 2.05) is 49.4 Å². The molecule has 0 atom stereocenters. The minimum Gasteiger partial charge on any atom is -0.338 e. The third-order valence-corrected chi connectivity index (χ3v) is 5.92. The van der Waals surface area contributed by atoms with E-state index in [4.69, 9.17) is 9.51 Å². The molecule has 158 valence electrons. The van der Waals surface area contributed by atoms with Gasteiger partial charge in [-0.1, -0.05) is 47.3 Å². The van der Waals surface area contributed by atoms with E-state index in [9.17, 15) is 9.18 Å². The van der Waals surface area contributed by atoms with Gasteiger partial charge in [-0.25, -0.2) is 9.37 Å².